The van der Waals surface area contributed by atoms with Crippen molar-refractivity contribution in [2.75, 3.05) is 47.3 Å². The summed E-state index contributed by atoms with van der Waals surface area (Å²) in [5.41, 5.74) is 0. The van der Waals surface area contributed by atoms with Gasteiger partial charge in [0.25, 0.3) is 0 Å². The highest BCUT2D eigenvalue weighted by atomic mass is 15.2. The summed E-state index contributed by atoms with van der Waals surface area (Å²) in [6.07, 6.45) is 4.10. The molecular formula is C13H29N3. The fourth-order valence-electron chi connectivity index (χ4n) is 2.50. The third kappa shape index (κ3) is 4.40. The average Bonchev–Trinajstić information content (AvgIpc) is 2.16. The van der Waals surface area contributed by atoms with E-state index in [1.54, 1.807) is 0 Å². The van der Waals surface area contributed by atoms with Gasteiger partial charge >= 0.3 is 0 Å². The van der Waals surface area contributed by atoms with E-state index in [-0.39, 0.29) is 0 Å². The van der Waals surface area contributed by atoms with E-state index < -0.39 is 0 Å². The Balaban J connectivity index is 2.13. The molecule has 96 valence electrons. The van der Waals surface area contributed by atoms with Crippen molar-refractivity contribution in [2.45, 2.75) is 32.2 Å². The molecule has 0 aliphatic heterocycles. The summed E-state index contributed by atoms with van der Waals surface area (Å²) >= 11 is 0. The van der Waals surface area contributed by atoms with Crippen LogP contribution in [0.15, 0.2) is 0 Å². The van der Waals surface area contributed by atoms with Crippen LogP contribution < -0.4 is 5.32 Å². The van der Waals surface area contributed by atoms with E-state index in [0.717, 1.165) is 18.5 Å². The van der Waals surface area contributed by atoms with Gasteiger partial charge in [-0.15, -0.1) is 0 Å². The molecule has 3 nitrogen and oxygen atoms in total. The van der Waals surface area contributed by atoms with Crippen LogP contribution >= 0.6 is 0 Å². The van der Waals surface area contributed by atoms with Gasteiger partial charge in [-0.1, -0.05) is 6.92 Å². The summed E-state index contributed by atoms with van der Waals surface area (Å²) in [6, 6.07) is 0.834. The Morgan fingerprint density at radius 3 is 2.38 bits per heavy atom. The lowest BCUT2D eigenvalue weighted by Crippen LogP contribution is -2.49. The minimum Gasteiger partial charge on any atom is -0.317 e. The van der Waals surface area contributed by atoms with E-state index in [9.17, 15) is 0 Å². The average molecular weight is 227 g/mol. The molecule has 1 rings (SSSR count). The maximum Gasteiger partial charge on any atom is 0.0133 e. The third-order valence-electron chi connectivity index (χ3n) is 3.72. The Bertz CT molecular complexity index is 182. The highest BCUT2D eigenvalue weighted by molar-refractivity contribution is 4.88. The molecule has 0 aromatic heterocycles. The molecule has 1 fully saturated rings. The van der Waals surface area contributed by atoms with E-state index in [2.05, 4.69) is 43.2 Å². The monoisotopic (exact) mass is 227 g/mol. The van der Waals surface area contributed by atoms with E-state index in [1.165, 1.54) is 38.9 Å². The van der Waals surface area contributed by atoms with Crippen LogP contribution in [-0.2, 0) is 0 Å². The van der Waals surface area contributed by atoms with Crippen molar-refractivity contribution in [3.8, 4) is 0 Å². The van der Waals surface area contributed by atoms with Gasteiger partial charge in [0.1, 0.15) is 0 Å². The molecule has 2 atom stereocenters. The summed E-state index contributed by atoms with van der Waals surface area (Å²) in [5, 5.41) is 3.47. The van der Waals surface area contributed by atoms with Gasteiger partial charge in [-0.05, 0) is 72.5 Å². The first-order valence-electron chi connectivity index (χ1n) is 6.70. The molecule has 0 spiro atoms. The predicted octanol–water partition coefficient (Wildman–Crippen LogP) is 1.26. The second-order valence-corrected chi connectivity index (χ2v) is 5.35. The van der Waals surface area contributed by atoms with Crippen LogP contribution in [0.5, 0.6) is 0 Å². The summed E-state index contributed by atoms with van der Waals surface area (Å²) in [5.74, 6) is 0.893. The van der Waals surface area contributed by atoms with Gasteiger partial charge in [0, 0.05) is 6.04 Å². The molecule has 0 bridgehead atoms. The van der Waals surface area contributed by atoms with Crippen LogP contribution in [0.1, 0.15) is 26.2 Å². The Morgan fingerprint density at radius 1 is 1.12 bits per heavy atom. The van der Waals surface area contributed by atoms with Crippen molar-refractivity contribution in [1.29, 1.82) is 0 Å². The van der Waals surface area contributed by atoms with Crippen molar-refractivity contribution in [3.05, 3.63) is 0 Å². The lowest BCUT2D eigenvalue weighted by atomic mass is 9.78. The largest absolute Gasteiger partial charge is 0.317 e. The van der Waals surface area contributed by atoms with Crippen LogP contribution in [0.4, 0.5) is 0 Å². The predicted molar refractivity (Wildman–Crippen MR) is 70.9 cm³/mol. The number of rotatable bonds is 8. The van der Waals surface area contributed by atoms with Gasteiger partial charge in [-0.25, -0.2) is 0 Å². The second-order valence-electron chi connectivity index (χ2n) is 5.35. The highest BCUT2D eigenvalue weighted by Crippen LogP contribution is 2.30. The molecule has 0 radical (unpaired) electrons. The summed E-state index contributed by atoms with van der Waals surface area (Å²) < 4.78 is 0. The molecule has 1 saturated carbocycles. The second kappa shape index (κ2) is 7.25. The molecule has 16 heavy (non-hydrogen) atoms. The third-order valence-corrected chi connectivity index (χ3v) is 3.72. The molecular weight excluding hydrogens is 198 g/mol. The molecule has 0 amide bonds. The number of hydrogen-bond acceptors (Lipinski definition) is 3. The smallest absolute Gasteiger partial charge is 0.0133 e. The quantitative estimate of drug-likeness (QED) is 0.673. The van der Waals surface area contributed by atoms with Crippen LogP contribution in [-0.4, -0.2) is 63.2 Å². The van der Waals surface area contributed by atoms with Crippen LogP contribution in [0.3, 0.4) is 0 Å². The van der Waals surface area contributed by atoms with Crippen molar-refractivity contribution in [2.24, 2.45) is 5.92 Å². The fourth-order valence-corrected chi connectivity index (χ4v) is 2.50. The summed E-state index contributed by atoms with van der Waals surface area (Å²) in [7, 11) is 6.59. The molecule has 0 aromatic rings. The summed E-state index contributed by atoms with van der Waals surface area (Å²) in [6.45, 7) is 6.95. The Hall–Kier alpha value is -0.120. The minimum atomic E-state index is 0.834. The van der Waals surface area contributed by atoms with Gasteiger partial charge in [0.2, 0.25) is 0 Å². The number of hydrogen-bond donors (Lipinski definition) is 1. The van der Waals surface area contributed by atoms with E-state index in [1.807, 2.05) is 0 Å². The minimum absolute atomic E-state index is 0.834. The molecule has 0 saturated heterocycles. The number of nitrogens with zero attached hydrogens (tertiary/aromatic N) is 2. The van der Waals surface area contributed by atoms with Crippen molar-refractivity contribution >= 4 is 0 Å². The van der Waals surface area contributed by atoms with Crippen molar-refractivity contribution < 1.29 is 0 Å². The Morgan fingerprint density at radius 2 is 1.88 bits per heavy atom. The molecule has 1 aliphatic rings. The molecule has 2 unspecified atom stereocenters. The maximum atomic E-state index is 3.47. The summed E-state index contributed by atoms with van der Waals surface area (Å²) in [4.78, 5) is 4.83. The van der Waals surface area contributed by atoms with E-state index >= 15 is 0 Å². The normalized spacial score (nSPS) is 25.1. The Kier molecular flexibility index (Phi) is 6.32. The highest BCUT2D eigenvalue weighted by Gasteiger charge is 2.32. The fraction of sp³-hybridized carbons (Fsp3) is 1.00. The van der Waals surface area contributed by atoms with Gasteiger partial charge in [-0.3, -0.25) is 0 Å². The van der Waals surface area contributed by atoms with E-state index in [0.29, 0.717) is 0 Å². The molecule has 0 heterocycles. The van der Waals surface area contributed by atoms with Crippen LogP contribution in [0.2, 0.25) is 0 Å². The van der Waals surface area contributed by atoms with Gasteiger partial charge in [0.15, 0.2) is 0 Å². The molecule has 3 heteroatoms. The van der Waals surface area contributed by atoms with Crippen molar-refractivity contribution in [1.82, 2.24) is 15.1 Å². The van der Waals surface area contributed by atoms with Gasteiger partial charge < -0.3 is 15.1 Å². The van der Waals surface area contributed by atoms with Gasteiger partial charge in [-0.2, -0.15) is 0 Å². The Labute approximate surface area is 101 Å². The zero-order chi connectivity index (χ0) is 12.0. The standard InChI is InChI=1S/C13H29N3/c1-5-14-11-12-7-8-13(12)16(4)10-6-9-15(2)3/h12-14H,5-11H2,1-4H3. The van der Waals surface area contributed by atoms with Crippen molar-refractivity contribution in [3.63, 3.8) is 0 Å². The topological polar surface area (TPSA) is 18.5 Å². The molecule has 0 aromatic carbocycles. The first kappa shape index (κ1) is 13.9. The van der Waals surface area contributed by atoms with Crippen LogP contribution in [0.25, 0.3) is 0 Å². The SMILES string of the molecule is CCNCC1CCC1N(C)CCCN(C)C. The molecule has 1 N–H and O–H groups in total. The first-order valence-corrected chi connectivity index (χ1v) is 6.70. The van der Waals surface area contributed by atoms with E-state index in [4.69, 9.17) is 0 Å². The van der Waals surface area contributed by atoms with Gasteiger partial charge in [0.05, 0.1) is 0 Å². The lowest BCUT2D eigenvalue weighted by Gasteiger charge is -2.43. The zero-order valence-corrected chi connectivity index (χ0v) is 11.5. The van der Waals surface area contributed by atoms with Crippen LogP contribution in [0, 0.1) is 5.92 Å². The molecule has 1 aliphatic carbocycles. The first-order chi connectivity index (χ1) is 7.65. The maximum absolute atomic E-state index is 3.47. The lowest BCUT2D eigenvalue weighted by molar-refractivity contribution is 0.0816. The number of nitrogens with one attached hydrogen (secondary N) is 1. The zero-order valence-electron chi connectivity index (χ0n) is 11.5.